The molecule has 0 saturated carbocycles. The van der Waals surface area contributed by atoms with Crippen LogP contribution in [0.4, 0.5) is 0 Å². The number of nitrogens with one attached hydrogen (secondary N) is 1. The molecule has 2 N–H and O–H groups in total. The summed E-state index contributed by atoms with van der Waals surface area (Å²) in [7, 11) is 1.42. The minimum atomic E-state index is -1.26. The van der Waals surface area contributed by atoms with Crippen LogP contribution in [0.2, 0.25) is 0 Å². The van der Waals surface area contributed by atoms with Crippen LogP contribution in [-0.4, -0.2) is 29.9 Å². The van der Waals surface area contributed by atoms with Crippen LogP contribution in [0, 0.1) is 0 Å². The molecule has 0 bridgehead atoms. The Kier molecular flexibility index (Phi) is 5.31. The van der Waals surface area contributed by atoms with E-state index in [1.54, 1.807) is 30.3 Å². The largest absolute Gasteiger partial charge is 0.497 e. The number of carboxylic acids is 1. The van der Waals surface area contributed by atoms with Crippen molar-refractivity contribution < 1.29 is 24.2 Å². The van der Waals surface area contributed by atoms with Gasteiger partial charge in [0, 0.05) is 18.1 Å². The maximum Gasteiger partial charge on any atom is 0.330 e. The topological polar surface area (TPSA) is 92.7 Å². The summed E-state index contributed by atoms with van der Waals surface area (Å²) in [4.78, 5) is 35.3. The molecule has 0 spiro atoms. The number of methoxy groups -OCH3 is 1. The molecule has 0 radical (unpaired) electrons. The number of hydrogen-bond donors (Lipinski definition) is 2. The van der Waals surface area contributed by atoms with Crippen LogP contribution in [0.15, 0.2) is 48.5 Å². The Morgan fingerprint density at radius 2 is 1.71 bits per heavy atom. The van der Waals surface area contributed by atoms with Crippen LogP contribution in [0.3, 0.4) is 0 Å². The highest BCUT2D eigenvalue weighted by molar-refractivity contribution is 6.09. The van der Waals surface area contributed by atoms with Crippen LogP contribution in [-0.2, 0) is 9.59 Å². The molecule has 2 aromatic carbocycles. The third-order valence-corrected chi connectivity index (χ3v) is 3.39. The number of ketones is 1. The Labute approximate surface area is 139 Å². The van der Waals surface area contributed by atoms with E-state index in [-0.39, 0.29) is 16.9 Å². The molecule has 0 heterocycles. The number of ether oxygens (including phenoxy) is 1. The van der Waals surface area contributed by atoms with E-state index in [4.69, 9.17) is 4.74 Å². The monoisotopic (exact) mass is 327 g/mol. The highest BCUT2D eigenvalue weighted by atomic mass is 16.5. The van der Waals surface area contributed by atoms with Crippen molar-refractivity contribution in [1.82, 2.24) is 5.32 Å². The van der Waals surface area contributed by atoms with Gasteiger partial charge in [-0.2, -0.15) is 0 Å². The van der Waals surface area contributed by atoms with Crippen molar-refractivity contribution in [2.75, 3.05) is 7.11 Å². The molecule has 0 aromatic heterocycles. The highest BCUT2D eigenvalue weighted by Crippen LogP contribution is 2.24. The molecule has 2 aromatic rings. The summed E-state index contributed by atoms with van der Waals surface area (Å²) in [5, 5.41) is 11.7. The van der Waals surface area contributed by atoms with Gasteiger partial charge in [0.15, 0.2) is 11.8 Å². The molecule has 0 fully saturated rings. The van der Waals surface area contributed by atoms with E-state index < -0.39 is 17.9 Å². The van der Waals surface area contributed by atoms with Gasteiger partial charge in [0.05, 0.1) is 7.11 Å². The zero-order valence-corrected chi connectivity index (χ0v) is 13.3. The quantitative estimate of drug-likeness (QED) is 0.793. The number of carboxylic acid groups (broad SMARTS) is 1. The van der Waals surface area contributed by atoms with Gasteiger partial charge in [0.2, 0.25) is 5.91 Å². The van der Waals surface area contributed by atoms with E-state index in [1.165, 1.54) is 32.2 Å². The average molecular weight is 327 g/mol. The molecule has 0 aliphatic heterocycles. The fraction of sp³-hybridized carbons (Fsp3) is 0.167. The van der Waals surface area contributed by atoms with Crippen LogP contribution in [0.1, 0.15) is 34.5 Å². The third-order valence-electron chi connectivity index (χ3n) is 3.39. The zero-order valence-electron chi connectivity index (χ0n) is 13.3. The van der Waals surface area contributed by atoms with Gasteiger partial charge in [-0.15, -0.1) is 0 Å². The van der Waals surface area contributed by atoms with Gasteiger partial charge in [-0.3, -0.25) is 9.59 Å². The molecule has 6 nitrogen and oxygen atoms in total. The Hall–Kier alpha value is -3.15. The minimum absolute atomic E-state index is 0.260. The lowest BCUT2D eigenvalue weighted by Crippen LogP contribution is -2.32. The lowest BCUT2D eigenvalue weighted by Gasteiger charge is -2.16. The summed E-state index contributed by atoms with van der Waals surface area (Å²) in [6.07, 6.45) is 0. The Morgan fingerprint density at radius 1 is 1.04 bits per heavy atom. The molecule has 1 atom stereocenters. The second-order valence-corrected chi connectivity index (χ2v) is 5.16. The summed E-state index contributed by atoms with van der Waals surface area (Å²) >= 11 is 0. The van der Waals surface area contributed by atoms with E-state index >= 15 is 0 Å². The van der Waals surface area contributed by atoms with Gasteiger partial charge in [-0.1, -0.05) is 30.3 Å². The molecule has 0 saturated heterocycles. The third kappa shape index (κ3) is 3.98. The van der Waals surface area contributed by atoms with Crippen molar-refractivity contribution in [3.63, 3.8) is 0 Å². The number of carbonyl (C=O) groups is 3. The number of hydrogen-bond acceptors (Lipinski definition) is 4. The fourth-order valence-electron chi connectivity index (χ4n) is 2.28. The molecule has 1 amide bonds. The van der Waals surface area contributed by atoms with E-state index in [0.29, 0.717) is 11.3 Å². The molecule has 6 heteroatoms. The van der Waals surface area contributed by atoms with Crippen molar-refractivity contribution in [2.45, 2.75) is 13.0 Å². The predicted octanol–water partition coefficient (Wildman–Crippen LogP) is 2.19. The van der Waals surface area contributed by atoms with Crippen molar-refractivity contribution in [3.8, 4) is 5.75 Å². The van der Waals surface area contributed by atoms with Crippen molar-refractivity contribution in [2.24, 2.45) is 0 Å². The first kappa shape index (κ1) is 17.2. The maximum absolute atomic E-state index is 12.6. The predicted molar refractivity (Wildman–Crippen MR) is 87.1 cm³/mol. The first-order valence-electron chi connectivity index (χ1n) is 7.21. The smallest absolute Gasteiger partial charge is 0.330 e. The molecular formula is C18H17NO5. The molecule has 0 aliphatic rings. The summed E-state index contributed by atoms with van der Waals surface area (Å²) in [6.45, 7) is 1.23. The SMILES string of the molecule is COc1cc(C(=O)c2ccccc2)cc(C(NC(C)=O)C(=O)O)c1. The van der Waals surface area contributed by atoms with Crippen LogP contribution >= 0.6 is 0 Å². The van der Waals surface area contributed by atoms with Gasteiger partial charge < -0.3 is 15.2 Å². The Bertz CT molecular complexity index is 770. The van der Waals surface area contributed by atoms with Gasteiger partial charge >= 0.3 is 5.97 Å². The van der Waals surface area contributed by atoms with E-state index in [2.05, 4.69) is 5.32 Å². The molecule has 24 heavy (non-hydrogen) atoms. The zero-order chi connectivity index (χ0) is 17.7. The lowest BCUT2D eigenvalue weighted by molar-refractivity contribution is -0.141. The summed E-state index contributed by atoms with van der Waals surface area (Å²) in [5.41, 5.74) is 1.02. The van der Waals surface area contributed by atoms with Crippen molar-refractivity contribution in [3.05, 3.63) is 65.2 Å². The number of benzene rings is 2. The molecule has 2 rings (SSSR count). The Morgan fingerprint density at radius 3 is 2.25 bits per heavy atom. The molecule has 1 unspecified atom stereocenters. The van der Waals surface area contributed by atoms with Gasteiger partial charge in [0.25, 0.3) is 0 Å². The van der Waals surface area contributed by atoms with E-state index in [1.807, 2.05) is 0 Å². The van der Waals surface area contributed by atoms with Gasteiger partial charge in [0.1, 0.15) is 5.75 Å². The van der Waals surface area contributed by atoms with Gasteiger partial charge in [-0.05, 0) is 23.8 Å². The second kappa shape index (κ2) is 7.41. The average Bonchev–Trinajstić information content (AvgIpc) is 2.58. The normalized spacial score (nSPS) is 11.4. The molecule has 124 valence electrons. The Balaban J connectivity index is 2.49. The highest BCUT2D eigenvalue weighted by Gasteiger charge is 2.23. The van der Waals surface area contributed by atoms with Crippen LogP contribution in [0.5, 0.6) is 5.75 Å². The number of carbonyl (C=O) groups excluding carboxylic acids is 2. The number of aliphatic carboxylic acids is 1. The minimum Gasteiger partial charge on any atom is -0.497 e. The standard InChI is InChI=1S/C18H17NO5/c1-11(20)19-16(18(22)23)13-8-14(10-15(9-13)24-2)17(21)12-6-4-3-5-7-12/h3-10,16H,1-2H3,(H,19,20)(H,22,23). The first-order valence-corrected chi connectivity index (χ1v) is 7.21. The number of rotatable bonds is 6. The van der Waals surface area contributed by atoms with E-state index in [9.17, 15) is 19.5 Å². The van der Waals surface area contributed by atoms with Crippen molar-refractivity contribution in [1.29, 1.82) is 0 Å². The summed E-state index contributed by atoms with van der Waals surface area (Å²) < 4.78 is 5.16. The molecular weight excluding hydrogens is 310 g/mol. The first-order chi connectivity index (χ1) is 11.4. The number of amides is 1. The summed E-state index contributed by atoms with van der Waals surface area (Å²) in [6, 6.07) is 11.8. The molecule has 0 aliphatic carbocycles. The van der Waals surface area contributed by atoms with Crippen LogP contribution in [0.25, 0.3) is 0 Å². The van der Waals surface area contributed by atoms with Crippen LogP contribution < -0.4 is 10.1 Å². The lowest BCUT2D eigenvalue weighted by atomic mass is 9.98. The second-order valence-electron chi connectivity index (χ2n) is 5.16. The summed E-state index contributed by atoms with van der Waals surface area (Å²) in [5.74, 6) is -1.64. The maximum atomic E-state index is 12.6. The van der Waals surface area contributed by atoms with Gasteiger partial charge in [-0.25, -0.2) is 4.79 Å². The van der Waals surface area contributed by atoms with E-state index in [0.717, 1.165) is 0 Å². The van der Waals surface area contributed by atoms with Crippen molar-refractivity contribution >= 4 is 17.7 Å². The fourth-order valence-corrected chi connectivity index (χ4v) is 2.28.